The summed E-state index contributed by atoms with van der Waals surface area (Å²) in [6, 6.07) is 6.01. The highest BCUT2D eigenvalue weighted by Crippen LogP contribution is 2.23. The van der Waals surface area contributed by atoms with Crippen molar-refractivity contribution >= 4 is 21.9 Å². The molecule has 1 fully saturated rings. The SMILES string of the molecule is CN=C(NCc1cc(Br)ccc1OC)N1CCC(COC)C1. The summed E-state index contributed by atoms with van der Waals surface area (Å²) in [5.74, 6) is 2.40. The molecule has 2 rings (SSSR count). The Morgan fingerprint density at radius 3 is 2.95 bits per heavy atom. The fraction of sp³-hybridized carbons (Fsp3) is 0.562. The minimum Gasteiger partial charge on any atom is -0.496 e. The summed E-state index contributed by atoms with van der Waals surface area (Å²) in [5.41, 5.74) is 1.10. The summed E-state index contributed by atoms with van der Waals surface area (Å²) in [7, 11) is 5.27. The molecule has 0 aliphatic carbocycles. The number of rotatable bonds is 5. The van der Waals surface area contributed by atoms with E-state index in [4.69, 9.17) is 9.47 Å². The number of halogens is 1. The number of nitrogens with zero attached hydrogens (tertiary/aromatic N) is 2. The number of likely N-dealkylation sites (tertiary alicyclic amines) is 1. The normalized spacial score (nSPS) is 18.6. The topological polar surface area (TPSA) is 46.1 Å². The standard InChI is InChI=1S/C16H24BrN3O2/c1-18-16(20-7-6-12(10-20)11-21-2)19-9-13-8-14(17)4-5-15(13)22-3/h4-5,8,12H,6-7,9-11H2,1-3H3,(H,18,19). The molecule has 1 atom stereocenters. The van der Waals surface area contributed by atoms with Gasteiger partial charge in [-0.05, 0) is 24.6 Å². The quantitative estimate of drug-likeness (QED) is 0.639. The monoisotopic (exact) mass is 369 g/mol. The Balaban J connectivity index is 1.96. The van der Waals surface area contributed by atoms with Gasteiger partial charge in [0, 0.05) is 49.7 Å². The number of nitrogens with one attached hydrogen (secondary N) is 1. The highest BCUT2D eigenvalue weighted by Gasteiger charge is 2.24. The zero-order valence-corrected chi connectivity index (χ0v) is 15.0. The molecule has 1 unspecified atom stereocenters. The van der Waals surface area contributed by atoms with Crippen LogP contribution in [0.1, 0.15) is 12.0 Å². The second-order valence-corrected chi connectivity index (χ2v) is 6.33. The van der Waals surface area contributed by atoms with Gasteiger partial charge in [-0.1, -0.05) is 15.9 Å². The van der Waals surface area contributed by atoms with E-state index in [1.165, 1.54) is 0 Å². The molecule has 1 saturated heterocycles. The average molecular weight is 370 g/mol. The highest BCUT2D eigenvalue weighted by molar-refractivity contribution is 9.10. The summed E-state index contributed by atoms with van der Waals surface area (Å²) in [4.78, 5) is 6.68. The maximum atomic E-state index is 5.41. The fourth-order valence-electron chi connectivity index (χ4n) is 2.79. The van der Waals surface area contributed by atoms with E-state index < -0.39 is 0 Å². The molecule has 1 aliphatic heterocycles. The van der Waals surface area contributed by atoms with Gasteiger partial charge < -0.3 is 19.7 Å². The molecule has 1 aliphatic rings. The number of hydrogen-bond acceptors (Lipinski definition) is 3. The van der Waals surface area contributed by atoms with E-state index in [0.29, 0.717) is 12.5 Å². The number of hydrogen-bond donors (Lipinski definition) is 1. The molecular weight excluding hydrogens is 346 g/mol. The van der Waals surface area contributed by atoms with Crippen molar-refractivity contribution in [3.63, 3.8) is 0 Å². The van der Waals surface area contributed by atoms with Crippen molar-refractivity contribution in [2.75, 3.05) is 41.0 Å². The maximum Gasteiger partial charge on any atom is 0.193 e. The van der Waals surface area contributed by atoms with E-state index in [0.717, 1.165) is 47.9 Å². The zero-order valence-electron chi connectivity index (χ0n) is 13.4. The van der Waals surface area contributed by atoms with Crippen LogP contribution in [0.15, 0.2) is 27.7 Å². The molecule has 122 valence electrons. The zero-order chi connectivity index (χ0) is 15.9. The fourth-order valence-corrected chi connectivity index (χ4v) is 3.20. The van der Waals surface area contributed by atoms with Crippen LogP contribution in [0.4, 0.5) is 0 Å². The lowest BCUT2D eigenvalue weighted by molar-refractivity contribution is 0.157. The first-order valence-corrected chi connectivity index (χ1v) is 8.24. The van der Waals surface area contributed by atoms with Gasteiger partial charge in [0.1, 0.15) is 5.75 Å². The first-order valence-electron chi connectivity index (χ1n) is 7.45. The van der Waals surface area contributed by atoms with Crippen molar-refractivity contribution in [3.05, 3.63) is 28.2 Å². The van der Waals surface area contributed by atoms with Gasteiger partial charge in [-0.3, -0.25) is 4.99 Å². The minimum atomic E-state index is 0.587. The average Bonchev–Trinajstić information content (AvgIpc) is 2.97. The van der Waals surface area contributed by atoms with Gasteiger partial charge in [-0.2, -0.15) is 0 Å². The molecule has 5 nitrogen and oxygen atoms in total. The smallest absolute Gasteiger partial charge is 0.193 e. The van der Waals surface area contributed by atoms with Crippen molar-refractivity contribution in [3.8, 4) is 5.75 Å². The predicted molar refractivity (Wildman–Crippen MR) is 92.4 cm³/mol. The van der Waals surface area contributed by atoms with Crippen LogP contribution in [0.5, 0.6) is 5.75 Å². The number of benzene rings is 1. The number of guanidine groups is 1. The minimum absolute atomic E-state index is 0.587. The second-order valence-electron chi connectivity index (χ2n) is 5.41. The van der Waals surface area contributed by atoms with Gasteiger partial charge in [0.2, 0.25) is 0 Å². The Hall–Kier alpha value is -1.27. The van der Waals surface area contributed by atoms with Gasteiger partial charge in [0.15, 0.2) is 5.96 Å². The van der Waals surface area contributed by atoms with Crippen molar-refractivity contribution < 1.29 is 9.47 Å². The Kier molecular flexibility index (Phi) is 6.51. The number of ether oxygens (including phenoxy) is 2. The van der Waals surface area contributed by atoms with Crippen LogP contribution < -0.4 is 10.1 Å². The Labute approximate surface area is 140 Å². The third-order valence-electron chi connectivity index (χ3n) is 3.88. The molecule has 0 aromatic heterocycles. The lowest BCUT2D eigenvalue weighted by Gasteiger charge is -2.22. The number of aliphatic imine (C=N–C) groups is 1. The Morgan fingerprint density at radius 1 is 1.45 bits per heavy atom. The summed E-state index contributed by atoms with van der Waals surface area (Å²) in [6.45, 7) is 3.50. The lowest BCUT2D eigenvalue weighted by Crippen LogP contribution is -2.39. The number of methoxy groups -OCH3 is 2. The van der Waals surface area contributed by atoms with Crippen molar-refractivity contribution in [2.45, 2.75) is 13.0 Å². The van der Waals surface area contributed by atoms with Crippen LogP contribution in [0.25, 0.3) is 0 Å². The molecule has 1 N–H and O–H groups in total. The molecule has 0 amide bonds. The van der Waals surface area contributed by atoms with Crippen molar-refractivity contribution in [1.29, 1.82) is 0 Å². The van der Waals surface area contributed by atoms with Gasteiger partial charge in [0.05, 0.1) is 13.7 Å². The molecule has 6 heteroatoms. The van der Waals surface area contributed by atoms with Crippen molar-refractivity contribution in [2.24, 2.45) is 10.9 Å². The Bertz CT molecular complexity index is 522. The largest absolute Gasteiger partial charge is 0.496 e. The molecular formula is C16H24BrN3O2. The summed E-state index contributed by atoms with van der Waals surface area (Å²) in [5, 5.41) is 3.43. The third kappa shape index (κ3) is 4.36. The van der Waals surface area contributed by atoms with E-state index in [1.54, 1.807) is 14.2 Å². The van der Waals surface area contributed by atoms with Crippen LogP contribution >= 0.6 is 15.9 Å². The van der Waals surface area contributed by atoms with Gasteiger partial charge >= 0.3 is 0 Å². The molecule has 1 aromatic rings. The third-order valence-corrected chi connectivity index (χ3v) is 4.37. The summed E-state index contributed by atoms with van der Waals surface area (Å²) in [6.07, 6.45) is 1.15. The molecule has 0 saturated carbocycles. The van der Waals surface area contributed by atoms with Crippen LogP contribution in [0.3, 0.4) is 0 Å². The predicted octanol–water partition coefficient (Wildman–Crippen LogP) is 2.50. The maximum absolute atomic E-state index is 5.41. The van der Waals surface area contributed by atoms with Gasteiger partial charge in [-0.25, -0.2) is 0 Å². The summed E-state index contributed by atoms with van der Waals surface area (Å²) >= 11 is 3.50. The molecule has 0 bridgehead atoms. The molecule has 0 spiro atoms. The van der Waals surface area contributed by atoms with E-state index in [-0.39, 0.29) is 0 Å². The van der Waals surface area contributed by atoms with Crippen molar-refractivity contribution in [1.82, 2.24) is 10.2 Å². The highest BCUT2D eigenvalue weighted by atomic mass is 79.9. The van der Waals surface area contributed by atoms with Gasteiger partial charge in [0.25, 0.3) is 0 Å². The lowest BCUT2D eigenvalue weighted by atomic mass is 10.1. The van der Waals surface area contributed by atoms with Crippen LogP contribution in [-0.4, -0.2) is 51.8 Å². The van der Waals surface area contributed by atoms with E-state index in [9.17, 15) is 0 Å². The first-order chi connectivity index (χ1) is 10.7. The summed E-state index contributed by atoms with van der Waals surface area (Å²) < 4.78 is 11.7. The van der Waals surface area contributed by atoms with E-state index >= 15 is 0 Å². The Morgan fingerprint density at radius 2 is 2.27 bits per heavy atom. The van der Waals surface area contributed by atoms with Crippen LogP contribution in [0.2, 0.25) is 0 Å². The molecule has 22 heavy (non-hydrogen) atoms. The molecule has 1 aromatic carbocycles. The van der Waals surface area contributed by atoms with E-state index in [1.807, 2.05) is 19.2 Å². The molecule has 0 radical (unpaired) electrons. The second kappa shape index (κ2) is 8.39. The van der Waals surface area contributed by atoms with Gasteiger partial charge in [-0.15, -0.1) is 0 Å². The first kappa shape index (κ1) is 17.1. The van der Waals surface area contributed by atoms with Crippen LogP contribution in [-0.2, 0) is 11.3 Å². The molecule has 1 heterocycles. The van der Waals surface area contributed by atoms with Crippen LogP contribution in [0, 0.1) is 5.92 Å². The van der Waals surface area contributed by atoms with E-state index in [2.05, 4.69) is 37.2 Å².